The summed E-state index contributed by atoms with van der Waals surface area (Å²) in [6, 6.07) is 8.32. The van der Waals surface area contributed by atoms with E-state index in [9.17, 15) is 4.39 Å². The van der Waals surface area contributed by atoms with Crippen LogP contribution in [0.3, 0.4) is 0 Å². The maximum Gasteiger partial charge on any atom is 0.125 e. The Balaban J connectivity index is 2.39. The van der Waals surface area contributed by atoms with E-state index < -0.39 is 5.82 Å². The van der Waals surface area contributed by atoms with Gasteiger partial charge in [-0.25, -0.2) is 4.39 Å². The van der Waals surface area contributed by atoms with Crippen molar-refractivity contribution in [1.29, 1.82) is 0 Å². The first-order valence-electron chi connectivity index (χ1n) is 6.59. The van der Waals surface area contributed by atoms with Crippen LogP contribution in [-0.2, 0) is 6.42 Å². The van der Waals surface area contributed by atoms with Gasteiger partial charge in [0.15, 0.2) is 0 Å². The molecule has 0 aliphatic heterocycles. The summed E-state index contributed by atoms with van der Waals surface area (Å²) in [5, 5.41) is 0.950. The van der Waals surface area contributed by atoms with E-state index in [4.69, 9.17) is 17.3 Å². The number of fused-ring (bicyclic) bond motifs is 1. The van der Waals surface area contributed by atoms with E-state index >= 15 is 0 Å². The SMILES string of the molecule is NCCc1cnc2c(Cl)cc(F)cc2c1-c1ccccn1. The van der Waals surface area contributed by atoms with Crippen molar-refractivity contribution in [2.24, 2.45) is 5.73 Å². The van der Waals surface area contributed by atoms with Gasteiger partial charge < -0.3 is 5.73 Å². The van der Waals surface area contributed by atoms with E-state index in [1.54, 1.807) is 12.4 Å². The van der Waals surface area contributed by atoms with Crippen LogP contribution < -0.4 is 5.73 Å². The zero-order valence-corrected chi connectivity index (χ0v) is 11.9. The molecule has 0 saturated carbocycles. The van der Waals surface area contributed by atoms with Crippen molar-refractivity contribution in [3.8, 4) is 11.3 Å². The molecule has 106 valence electrons. The molecule has 3 nitrogen and oxygen atoms in total. The van der Waals surface area contributed by atoms with Gasteiger partial charge in [0.1, 0.15) is 5.82 Å². The fraction of sp³-hybridized carbons (Fsp3) is 0.125. The van der Waals surface area contributed by atoms with Crippen LogP contribution in [0.15, 0.2) is 42.7 Å². The molecule has 0 atom stereocenters. The summed E-state index contributed by atoms with van der Waals surface area (Å²) in [6.07, 6.45) is 4.08. The Labute approximate surface area is 126 Å². The van der Waals surface area contributed by atoms with Crippen LogP contribution in [0.5, 0.6) is 0 Å². The average Bonchev–Trinajstić information content (AvgIpc) is 2.48. The number of pyridine rings is 2. The molecule has 2 N–H and O–H groups in total. The third-order valence-corrected chi connectivity index (χ3v) is 3.59. The van der Waals surface area contributed by atoms with E-state index in [-0.39, 0.29) is 0 Å². The smallest absolute Gasteiger partial charge is 0.125 e. The molecule has 0 bridgehead atoms. The number of halogens is 2. The zero-order chi connectivity index (χ0) is 14.8. The molecule has 0 saturated heterocycles. The first-order chi connectivity index (χ1) is 10.2. The third-order valence-electron chi connectivity index (χ3n) is 3.30. The highest BCUT2D eigenvalue weighted by Crippen LogP contribution is 2.33. The number of nitrogens with zero attached hydrogens (tertiary/aromatic N) is 2. The van der Waals surface area contributed by atoms with Crippen LogP contribution in [0.25, 0.3) is 22.2 Å². The summed E-state index contributed by atoms with van der Waals surface area (Å²) in [4.78, 5) is 8.71. The molecule has 0 unspecified atom stereocenters. The van der Waals surface area contributed by atoms with Crippen LogP contribution in [0, 0.1) is 5.82 Å². The van der Waals surface area contributed by atoms with Gasteiger partial charge in [0.05, 0.1) is 16.2 Å². The fourth-order valence-corrected chi connectivity index (χ4v) is 2.68. The molecule has 0 amide bonds. The van der Waals surface area contributed by atoms with E-state index in [2.05, 4.69) is 9.97 Å². The molecule has 3 aromatic rings. The van der Waals surface area contributed by atoms with Crippen LogP contribution in [-0.4, -0.2) is 16.5 Å². The molecular weight excluding hydrogens is 289 g/mol. The van der Waals surface area contributed by atoms with Gasteiger partial charge in [0, 0.05) is 23.3 Å². The standard InChI is InChI=1S/C16H13ClFN3/c17-13-8-11(18)7-12-15(14-3-1-2-6-20-14)10(4-5-19)9-21-16(12)13/h1-3,6-9H,4-5,19H2. The molecule has 0 aliphatic carbocycles. The van der Waals surface area contributed by atoms with Gasteiger partial charge in [-0.3, -0.25) is 9.97 Å². The highest BCUT2D eigenvalue weighted by Gasteiger charge is 2.14. The second-order valence-corrected chi connectivity index (χ2v) is 5.10. The van der Waals surface area contributed by atoms with Gasteiger partial charge in [0.2, 0.25) is 0 Å². The third kappa shape index (κ3) is 2.60. The molecule has 3 rings (SSSR count). The van der Waals surface area contributed by atoms with Crippen molar-refractivity contribution in [2.75, 3.05) is 6.54 Å². The van der Waals surface area contributed by atoms with Gasteiger partial charge in [-0.15, -0.1) is 0 Å². The number of aromatic nitrogens is 2. The van der Waals surface area contributed by atoms with Gasteiger partial charge in [0.25, 0.3) is 0 Å². The lowest BCUT2D eigenvalue weighted by molar-refractivity contribution is 0.629. The Morgan fingerprint density at radius 2 is 2.05 bits per heavy atom. The number of hydrogen-bond acceptors (Lipinski definition) is 3. The molecule has 5 heteroatoms. The predicted octanol–water partition coefficient (Wildman–Crippen LogP) is 3.59. The summed E-state index contributed by atoms with van der Waals surface area (Å²) in [5.41, 5.74) is 8.77. The lowest BCUT2D eigenvalue weighted by Crippen LogP contribution is -2.05. The molecular formula is C16H13ClFN3. The van der Waals surface area contributed by atoms with Crippen LogP contribution >= 0.6 is 11.6 Å². The fourth-order valence-electron chi connectivity index (χ4n) is 2.43. The topological polar surface area (TPSA) is 51.8 Å². The van der Waals surface area contributed by atoms with Gasteiger partial charge in [-0.05, 0) is 42.8 Å². The first kappa shape index (κ1) is 13.9. The molecule has 0 radical (unpaired) electrons. The van der Waals surface area contributed by atoms with Gasteiger partial charge in [-0.2, -0.15) is 0 Å². The molecule has 21 heavy (non-hydrogen) atoms. The maximum absolute atomic E-state index is 13.8. The minimum absolute atomic E-state index is 0.293. The first-order valence-corrected chi connectivity index (χ1v) is 6.96. The average molecular weight is 302 g/mol. The molecule has 1 aromatic carbocycles. The monoisotopic (exact) mass is 301 g/mol. The highest BCUT2D eigenvalue weighted by molar-refractivity contribution is 6.35. The molecule has 0 fully saturated rings. The van der Waals surface area contributed by atoms with Gasteiger partial charge >= 0.3 is 0 Å². The highest BCUT2D eigenvalue weighted by atomic mass is 35.5. The summed E-state index contributed by atoms with van der Waals surface area (Å²) in [7, 11) is 0. The Morgan fingerprint density at radius 1 is 1.19 bits per heavy atom. The van der Waals surface area contributed by atoms with Crippen molar-refractivity contribution < 1.29 is 4.39 Å². The summed E-state index contributed by atoms with van der Waals surface area (Å²) >= 11 is 6.10. The maximum atomic E-state index is 13.8. The number of rotatable bonds is 3. The molecule has 2 heterocycles. The number of hydrogen-bond donors (Lipinski definition) is 1. The molecule has 0 aliphatic rings. The summed E-state index contributed by atoms with van der Waals surface area (Å²) in [6.45, 7) is 0.482. The van der Waals surface area contributed by atoms with Crippen LogP contribution in [0.4, 0.5) is 4.39 Å². The number of nitrogens with two attached hydrogens (primary N) is 1. The second-order valence-electron chi connectivity index (χ2n) is 4.70. The van der Waals surface area contributed by atoms with E-state index in [1.165, 1.54) is 12.1 Å². The van der Waals surface area contributed by atoms with Crippen molar-refractivity contribution >= 4 is 22.5 Å². The lowest BCUT2D eigenvalue weighted by Gasteiger charge is -2.12. The van der Waals surface area contributed by atoms with E-state index in [0.29, 0.717) is 28.9 Å². The van der Waals surface area contributed by atoms with Crippen molar-refractivity contribution in [3.05, 3.63) is 59.1 Å². The normalized spacial score (nSPS) is 11.0. The van der Waals surface area contributed by atoms with E-state index in [1.807, 2.05) is 18.2 Å². The predicted molar refractivity (Wildman–Crippen MR) is 82.7 cm³/mol. The molecule has 2 aromatic heterocycles. The van der Waals surface area contributed by atoms with Crippen molar-refractivity contribution in [2.45, 2.75) is 6.42 Å². The largest absolute Gasteiger partial charge is 0.330 e. The van der Waals surface area contributed by atoms with Crippen molar-refractivity contribution in [3.63, 3.8) is 0 Å². The Morgan fingerprint density at radius 3 is 2.76 bits per heavy atom. The summed E-state index contributed by atoms with van der Waals surface area (Å²) < 4.78 is 13.8. The Bertz CT molecular complexity index is 790. The summed E-state index contributed by atoms with van der Waals surface area (Å²) in [5.74, 6) is -0.392. The van der Waals surface area contributed by atoms with E-state index in [0.717, 1.165) is 16.8 Å². The Hall–Kier alpha value is -2.04. The minimum Gasteiger partial charge on any atom is -0.330 e. The van der Waals surface area contributed by atoms with Crippen LogP contribution in [0.2, 0.25) is 5.02 Å². The second kappa shape index (κ2) is 5.76. The lowest BCUT2D eigenvalue weighted by atomic mass is 9.98. The van der Waals surface area contributed by atoms with Crippen molar-refractivity contribution in [1.82, 2.24) is 9.97 Å². The van der Waals surface area contributed by atoms with Crippen LogP contribution in [0.1, 0.15) is 5.56 Å². The zero-order valence-electron chi connectivity index (χ0n) is 11.2. The number of benzene rings is 1. The van der Waals surface area contributed by atoms with Gasteiger partial charge in [-0.1, -0.05) is 17.7 Å². The molecule has 0 spiro atoms. The minimum atomic E-state index is -0.392. The quantitative estimate of drug-likeness (QED) is 0.804. The Kier molecular flexibility index (Phi) is 3.82.